The molecule has 104 valence electrons. The van der Waals surface area contributed by atoms with E-state index in [-0.39, 0.29) is 17.7 Å². The number of nitro groups is 1. The predicted molar refractivity (Wildman–Crippen MR) is 72.1 cm³/mol. The van der Waals surface area contributed by atoms with Crippen LogP contribution >= 0.6 is 0 Å². The van der Waals surface area contributed by atoms with E-state index in [9.17, 15) is 10.1 Å². The molecule has 8 heteroatoms. The van der Waals surface area contributed by atoms with Crippen molar-refractivity contribution in [1.29, 1.82) is 0 Å². The van der Waals surface area contributed by atoms with E-state index in [0.29, 0.717) is 18.1 Å². The lowest BCUT2D eigenvalue weighted by atomic mass is 10.2. The van der Waals surface area contributed by atoms with E-state index < -0.39 is 4.92 Å². The molecule has 19 heavy (non-hydrogen) atoms. The van der Waals surface area contributed by atoms with Crippen LogP contribution < -0.4 is 10.6 Å². The Balaban J connectivity index is 2.46. The Morgan fingerprint density at radius 1 is 1.42 bits per heavy atom. The zero-order chi connectivity index (χ0) is 14.2. The molecule has 2 heterocycles. The number of nitrogens with zero attached hydrogens (tertiary/aromatic N) is 5. The van der Waals surface area contributed by atoms with Gasteiger partial charge in [0.05, 0.1) is 4.92 Å². The number of piperazine rings is 1. The van der Waals surface area contributed by atoms with Gasteiger partial charge in [-0.3, -0.25) is 10.1 Å². The van der Waals surface area contributed by atoms with Crippen molar-refractivity contribution in [2.24, 2.45) is 0 Å². The van der Waals surface area contributed by atoms with Crippen molar-refractivity contribution < 1.29 is 4.92 Å². The third kappa shape index (κ3) is 2.58. The molecule has 2 N–H and O–H groups in total. The number of anilines is 2. The Hall–Kier alpha value is -1.96. The standard InChI is InChI=1S/C11H18N6O2/c1-7-6-15(3)4-5-16(7)10-9(17(18)19)8(2)13-11(12)14-10/h7H,4-6H2,1-3H3,(H2,12,13,14). The van der Waals surface area contributed by atoms with Gasteiger partial charge in [0.2, 0.25) is 11.8 Å². The molecule has 0 spiro atoms. The van der Waals surface area contributed by atoms with Gasteiger partial charge < -0.3 is 15.5 Å². The quantitative estimate of drug-likeness (QED) is 0.611. The third-order valence-corrected chi connectivity index (χ3v) is 3.34. The number of nitrogen functional groups attached to an aromatic ring is 1. The van der Waals surface area contributed by atoms with Crippen LogP contribution in [-0.2, 0) is 0 Å². The summed E-state index contributed by atoms with van der Waals surface area (Å²) in [7, 11) is 2.03. The third-order valence-electron chi connectivity index (χ3n) is 3.34. The van der Waals surface area contributed by atoms with Crippen molar-refractivity contribution in [2.45, 2.75) is 19.9 Å². The molecule has 0 bridgehead atoms. The first-order valence-corrected chi connectivity index (χ1v) is 6.14. The molecular weight excluding hydrogens is 248 g/mol. The summed E-state index contributed by atoms with van der Waals surface area (Å²) in [6, 6.07) is 0.145. The van der Waals surface area contributed by atoms with Crippen LogP contribution in [0.25, 0.3) is 0 Å². The number of hydrogen-bond donors (Lipinski definition) is 1. The van der Waals surface area contributed by atoms with E-state index in [1.165, 1.54) is 0 Å². The second-order valence-electron chi connectivity index (χ2n) is 4.90. The van der Waals surface area contributed by atoms with Gasteiger partial charge in [0.25, 0.3) is 0 Å². The van der Waals surface area contributed by atoms with Gasteiger partial charge in [0.1, 0.15) is 5.69 Å². The van der Waals surface area contributed by atoms with Gasteiger partial charge in [-0.05, 0) is 20.9 Å². The highest BCUT2D eigenvalue weighted by molar-refractivity contribution is 5.62. The summed E-state index contributed by atoms with van der Waals surface area (Å²) in [5, 5.41) is 11.2. The summed E-state index contributed by atoms with van der Waals surface area (Å²) < 4.78 is 0. The summed E-state index contributed by atoms with van der Waals surface area (Å²) in [5.74, 6) is 0.403. The molecular formula is C11H18N6O2. The molecule has 1 aromatic rings. The molecule has 1 aliphatic heterocycles. The van der Waals surface area contributed by atoms with Crippen molar-refractivity contribution in [1.82, 2.24) is 14.9 Å². The van der Waals surface area contributed by atoms with E-state index >= 15 is 0 Å². The summed E-state index contributed by atoms with van der Waals surface area (Å²) in [4.78, 5) is 22.9. The average Bonchev–Trinajstić information content (AvgIpc) is 2.26. The number of aromatic nitrogens is 2. The van der Waals surface area contributed by atoms with E-state index in [0.717, 1.165) is 13.1 Å². The second-order valence-corrected chi connectivity index (χ2v) is 4.90. The van der Waals surface area contributed by atoms with Crippen molar-refractivity contribution in [3.8, 4) is 0 Å². The van der Waals surface area contributed by atoms with Crippen molar-refractivity contribution in [3.63, 3.8) is 0 Å². The lowest BCUT2D eigenvalue weighted by Gasteiger charge is -2.38. The number of likely N-dealkylation sites (N-methyl/N-ethyl adjacent to an activating group) is 1. The first kappa shape index (κ1) is 13.5. The zero-order valence-corrected chi connectivity index (χ0v) is 11.3. The fraction of sp³-hybridized carbons (Fsp3) is 0.636. The minimum atomic E-state index is -0.435. The van der Waals surface area contributed by atoms with E-state index in [1.54, 1.807) is 6.92 Å². The highest BCUT2D eigenvalue weighted by Gasteiger charge is 2.31. The predicted octanol–water partition coefficient (Wildman–Crippen LogP) is 0.416. The van der Waals surface area contributed by atoms with Gasteiger partial charge in [-0.2, -0.15) is 4.98 Å². The molecule has 1 saturated heterocycles. The smallest absolute Gasteiger partial charge is 0.332 e. The Morgan fingerprint density at radius 3 is 2.68 bits per heavy atom. The molecule has 1 aliphatic rings. The van der Waals surface area contributed by atoms with Crippen molar-refractivity contribution in [3.05, 3.63) is 15.8 Å². The van der Waals surface area contributed by atoms with Gasteiger partial charge in [0.15, 0.2) is 0 Å². The van der Waals surface area contributed by atoms with Crippen LogP contribution in [0.4, 0.5) is 17.5 Å². The van der Waals surface area contributed by atoms with Gasteiger partial charge in [-0.15, -0.1) is 0 Å². The van der Waals surface area contributed by atoms with Crippen LogP contribution in [0.3, 0.4) is 0 Å². The summed E-state index contributed by atoms with van der Waals surface area (Å²) in [6.07, 6.45) is 0. The highest BCUT2D eigenvalue weighted by Crippen LogP contribution is 2.31. The second kappa shape index (κ2) is 4.96. The molecule has 1 fully saturated rings. The monoisotopic (exact) mass is 266 g/mol. The van der Waals surface area contributed by atoms with Crippen LogP contribution in [0.2, 0.25) is 0 Å². The minimum absolute atomic E-state index is 0.0504. The fourth-order valence-electron chi connectivity index (χ4n) is 2.44. The lowest BCUT2D eigenvalue weighted by molar-refractivity contribution is -0.385. The average molecular weight is 266 g/mol. The zero-order valence-electron chi connectivity index (χ0n) is 11.3. The Bertz CT molecular complexity index is 506. The molecule has 2 rings (SSSR count). The van der Waals surface area contributed by atoms with Gasteiger partial charge >= 0.3 is 5.69 Å². The molecule has 1 unspecified atom stereocenters. The van der Waals surface area contributed by atoms with Crippen molar-refractivity contribution >= 4 is 17.5 Å². The maximum absolute atomic E-state index is 11.2. The van der Waals surface area contributed by atoms with Crippen LogP contribution in [-0.4, -0.2) is 52.5 Å². The van der Waals surface area contributed by atoms with Crippen LogP contribution in [0.5, 0.6) is 0 Å². The largest absolute Gasteiger partial charge is 0.368 e. The van der Waals surface area contributed by atoms with E-state index in [4.69, 9.17) is 5.73 Å². The Kier molecular flexibility index (Phi) is 3.52. The van der Waals surface area contributed by atoms with Gasteiger partial charge in [-0.25, -0.2) is 4.98 Å². The summed E-state index contributed by atoms with van der Waals surface area (Å²) in [5.41, 5.74) is 5.88. The normalized spacial score (nSPS) is 20.6. The molecule has 0 saturated carbocycles. The Morgan fingerprint density at radius 2 is 2.11 bits per heavy atom. The molecule has 8 nitrogen and oxygen atoms in total. The summed E-state index contributed by atoms with van der Waals surface area (Å²) >= 11 is 0. The maximum Gasteiger partial charge on any atom is 0.332 e. The first-order chi connectivity index (χ1) is 8.90. The van der Waals surface area contributed by atoms with E-state index in [2.05, 4.69) is 14.9 Å². The minimum Gasteiger partial charge on any atom is -0.368 e. The van der Waals surface area contributed by atoms with Crippen LogP contribution in [0.15, 0.2) is 0 Å². The molecule has 0 radical (unpaired) electrons. The van der Waals surface area contributed by atoms with Crippen LogP contribution in [0, 0.1) is 17.0 Å². The summed E-state index contributed by atoms with van der Waals surface area (Å²) in [6.45, 7) is 5.96. The Labute approximate surface area is 111 Å². The number of rotatable bonds is 2. The first-order valence-electron chi connectivity index (χ1n) is 6.14. The number of nitrogens with two attached hydrogens (primary N) is 1. The topological polar surface area (TPSA) is 101 Å². The van der Waals surface area contributed by atoms with Crippen molar-refractivity contribution in [2.75, 3.05) is 37.3 Å². The molecule has 0 aromatic carbocycles. The van der Waals surface area contributed by atoms with Gasteiger partial charge in [0, 0.05) is 25.7 Å². The van der Waals surface area contributed by atoms with E-state index in [1.807, 2.05) is 18.9 Å². The molecule has 1 aromatic heterocycles. The number of aryl methyl sites for hydroxylation is 1. The molecule has 1 atom stereocenters. The lowest BCUT2D eigenvalue weighted by Crippen LogP contribution is -2.51. The SMILES string of the molecule is Cc1nc(N)nc(N2CCN(C)CC2C)c1[N+](=O)[O-]. The van der Waals surface area contributed by atoms with Gasteiger partial charge in [-0.1, -0.05) is 0 Å². The maximum atomic E-state index is 11.2. The molecule has 0 amide bonds. The molecule has 0 aliphatic carbocycles. The highest BCUT2D eigenvalue weighted by atomic mass is 16.6. The van der Waals surface area contributed by atoms with Crippen LogP contribution in [0.1, 0.15) is 12.6 Å². The fourth-order valence-corrected chi connectivity index (χ4v) is 2.44. The number of hydrogen-bond acceptors (Lipinski definition) is 7.